The minimum atomic E-state index is -0.291. The molecule has 6 nitrogen and oxygen atoms in total. The van der Waals surface area contributed by atoms with E-state index in [2.05, 4.69) is 0 Å². The number of methoxy groups -OCH3 is 1. The van der Waals surface area contributed by atoms with Crippen molar-refractivity contribution in [1.29, 1.82) is 0 Å². The maximum atomic E-state index is 12.1. The van der Waals surface area contributed by atoms with Gasteiger partial charge in [-0.2, -0.15) is 0 Å². The first-order chi connectivity index (χ1) is 9.61. The Morgan fingerprint density at radius 1 is 1.60 bits per heavy atom. The summed E-state index contributed by atoms with van der Waals surface area (Å²) in [5, 5.41) is 0. The molecule has 2 heterocycles. The van der Waals surface area contributed by atoms with Gasteiger partial charge in [-0.3, -0.25) is 9.59 Å². The third-order valence-corrected chi connectivity index (χ3v) is 3.49. The third kappa shape index (κ3) is 3.39. The van der Waals surface area contributed by atoms with E-state index in [1.807, 2.05) is 0 Å². The van der Waals surface area contributed by atoms with Gasteiger partial charge in [-0.15, -0.1) is 0 Å². The predicted molar refractivity (Wildman–Crippen MR) is 73.8 cm³/mol. The van der Waals surface area contributed by atoms with E-state index in [-0.39, 0.29) is 23.8 Å². The van der Waals surface area contributed by atoms with Crippen LogP contribution in [0, 0.1) is 5.92 Å². The lowest BCUT2D eigenvalue weighted by Crippen LogP contribution is -2.36. The normalized spacial score (nSPS) is 18.0. The highest BCUT2D eigenvalue weighted by Gasteiger charge is 2.20. The lowest BCUT2D eigenvalue weighted by molar-refractivity contribution is -0.131. The maximum absolute atomic E-state index is 12.1. The second kappa shape index (κ2) is 6.56. The molecule has 20 heavy (non-hydrogen) atoms. The van der Waals surface area contributed by atoms with Crippen molar-refractivity contribution in [2.75, 3.05) is 33.9 Å². The first kappa shape index (κ1) is 14.6. The molecule has 0 unspecified atom stereocenters. The summed E-state index contributed by atoms with van der Waals surface area (Å²) in [7, 11) is 3.20. The number of pyridine rings is 1. The van der Waals surface area contributed by atoms with Crippen LogP contribution in [-0.4, -0.2) is 49.3 Å². The molecule has 6 heteroatoms. The monoisotopic (exact) mass is 280 g/mol. The number of carbonyl (C=O) groups excluding carboxylic acids is 1. The summed E-state index contributed by atoms with van der Waals surface area (Å²) in [6.45, 7) is 2.16. The number of nitrogens with zero attached hydrogens (tertiary/aromatic N) is 2. The Hall–Kier alpha value is -1.82. The number of likely N-dealkylation sites (N-methyl/N-ethyl adjacent to an activating group) is 1. The Kier molecular flexibility index (Phi) is 4.79. The molecule has 2 rings (SSSR count). The SMILES string of the molecule is COc1cccn(CC(=O)N(C)C[C@H]2CCOC2)c1=O. The van der Waals surface area contributed by atoms with Crippen molar-refractivity contribution in [3.63, 3.8) is 0 Å². The van der Waals surface area contributed by atoms with Crippen LogP contribution in [-0.2, 0) is 16.1 Å². The van der Waals surface area contributed by atoms with Gasteiger partial charge in [0, 0.05) is 32.3 Å². The van der Waals surface area contributed by atoms with E-state index < -0.39 is 0 Å². The van der Waals surface area contributed by atoms with Crippen LogP contribution < -0.4 is 10.3 Å². The summed E-state index contributed by atoms with van der Waals surface area (Å²) >= 11 is 0. The van der Waals surface area contributed by atoms with Gasteiger partial charge in [0.05, 0.1) is 13.7 Å². The number of carbonyl (C=O) groups is 1. The molecule has 1 aromatic rings. The van der Waals surface area contributed by atoms with Gasteiger partial charge in [-0.1, -0.05) is 0 Å². The van der Waals surface area contributed by atoms with Crippen molar-refractivity contribution < 1.29 is 14.3 Å². The lowest BCUT2D eigenvalue weighted by atomic mass is 10.1. The highest BCUT2D eigenvalue weighted by Crippen LogP contribution is 2.13. The highest BCUT2D eigenvalue weighted by molar-refractivity contribution is 5.75. The van der Waals surface area contributed by atoms with Crippen LogP contribution in [0.4, 0.5) is 0 Å². The van der Waals surface area contributed by atoms with Gasteiger partial charge < -0.3 is 18.9 Å². The highest BCUT2D eigenvalue weighted by atomic mass is 16.5. The number of hydrogen-bond acceptors (Lipinski definition) is 4. The van der Waals surface area contributed by atoms with Crippen molar-refractivity contribution in [3.8, 4) is 5.75 Å². The molecule has 0 spiro atoms. The van der Waals surface area contributed by atoms with E-state index in [9.17, 15) is 9.59 Å². The second-order valence-corrected chi connectivity index (χ2v) is 5.01. The molecule has 110 valence electrons. The fourth-order valence-electron chi connectivity index (χ4n) is 2.28. The van der Waals surface area contributed by atoms with Gasteiger partial charge in [0.25, 0.3) is 5.56 Å². The van der Waals surface area contributed by atoms with Crippen molar-refractivity contribution >= 4 is 5.91 Å². The van der Waals surface area contributed by atoms with Gasteiger partial charge in [-0.05, 0) is 18.6 Å². The fraction of sp³-hybridized carbons (Fsp3) is 0.571. The number of hydrogen-bond donors (Lipinski definition) is 0. The molecule has 1 aliphatic rings. The molecule has 1 aliphatic heterocycles. The first-order valence-corrected chi connectivity index (χ1v) is 6.67. The molecule has 1 amide bonds. The van der Waals surface area contributed by atoms with Crippen molar-refractivity contribution in [3.05, 3.63) is 28.7 Å². The quantitative estimate of drug-likeness (QED) is 0.781. The van der Waals surface area contributed by atoms with E-state index in [1.165, 1.54) is 11.7 Å². The van der Waals surface area contributed by atoms with E-state index >= 15 is 0 Å². The van der Waals surface area contributed by atoms with Crippen LogP contribution >= 0.6 is 0 Å². The molecular weight excluding hydrogens is 260 g/mol. The molecule has 0 aromatic carbocycles. The molecule has 1 aromatic heterocycles. The fourth-order valence-corrected chi connectivity index (χ4v) is 2.28. The lowest BCUT2D eigenvalue weighted by Gasteiger charge is -2.20. The standard InChI is InChI=1S/C14H20N2O4/c1-15(8-11-5-7-20-10-11)13(17)9-16-6-3-4-12(19-2)14(16)18/h3-4,6,11H,5,7-10H2,1-2H3/t11-/m1/s1. The number of rotatable bonds is 5. The van der Waals surface area contributed by atoms with Crippen LogP contribution in [0.2, 0.25) is 0 Å². The van der Waals surface area contributed by atoms with Gasteiger partial charge >= 0.3 is 0 Å². The predicted octanol–water partition coefficient (Wildman–Crippen LogP) is 0.352. The largest absolute Gasteiger partial charge is 0.491 e. The molecule has 0 N–H and O–H groups in total. The average molecular weight is 280 g/mol. The molecule has 0 aliphatic carbocycles. The summed E-state index contributed by atoms with van der Waals surface area (Å²) in [6.07, 6.45) is 2.58. The molecule has 0 saturated carbocycles. The number of amides is 1. The molecule has 0 radical (unpaired) electrons. The maximum Gasteiger partial charge on any atom is 0.293 e. The van der Waals surface area contributed by atoms with Crippen molar-refractivity contribution in [2.24, 2.45) is 5.92 Å². The first-order valence-electron chi connectivity index (χ1n) is 6.67. The summed E-state index contributed by atoms with van der Waals surface area (Å²) in [4.78, 5) is 25.7. The molecular formula is C14H20N2O4. The van der Waals surface area contributed by atoms with Crippen molar-refractivity contribution in [1.82, 2.24) is 9.47 Å². The molecule has 1 fully saturated rings. The Balaban J connectivity index is 1.98. The zero-order chi connectivity index (χ0) is 14.5. The minimum absolute atomic E-state index is 0.0279. The molecule has 1 saturated heterocycles. The number of aromatic nitrogens is 1. The molecule has 1 atom stereocenters. The summed E-state index contributed by atoms with van der Waals surface area (Å²) in [6, 6.07) is 3.28. The van der Waals surface area contributed by atoms with Gasteiger partial charge in [0.1, 0.15) is 6.54 Å². The van der Waals surface area contributed by atoms with Crippen LogP contribution in [0.15, 0.2) is 23.1 Å². The minimum Gasteiger partial charge on any atom is -0.491 e. The Morgan fingerprint density at radius 2 is 2.40 bits per heavy atom. The van der Waals surface area contributed by atoms with Crippen LogP contribution in [0.5, 0.6) is 5.75 Å². The van der Waals surface area contributed by atoms with Gasteiger partial charge in [0.15, 0.2) is 5.75 Å². The topological polar surface area (TPSA) is 60.8 Å². The summed E-state index contributed by atoms with van der Waals surface area (Å²) < 4.78 is 11.6. The van der Waals surface area contributed by atoms with E-state index in [1.54, 1.807) is 30.3 Å². The van der Waals surface area contributed by atoms with Gasteiger partial charge in [0.2, 0.25) is 5.91 Å². The second-order valence-electron chi connectivity index (χ2n) is 5.01. The van der Waals surface area contributed by atoms with Crippen molar-refractivity contribution in [2.45, 2.75) is 13.0 Å². The average Bonchev–Trinajstić information content (AvgIpc) is 2.94. The molecule has 0 bridgehead atoms. The van der Waals surface area contributed by atoms with Crippen LogP contribution in [0.25, 0.3) is 0 Å². The van der Waals surface area contributed by atoms with E-state index in [4.69, 9.17) is 9.47 Å². The zero-order valence-electron chi connectivity index (χ0n) is 11.9. The van der Waals surface area contributed by atoms with Crippen LogP contribution in [0.3, 0.4) is 0 Å². The summed E-state index contributed by atoms with van der Waals surface area (Å²) in [5.74, 6) is 0.547. The summed E-state index contributed by atoms with van der Waals surface area (Å²) in [5.41, 5.74) is -0.291. The Morgan fingerprint density at radius 3 is 3.05 bits per heavy atom. The van der Waals surface area contributed by atoms with E-state index in [0.717, 1.165) is 13.0 Å². The number of ether oxygens (including phenoxy) is 2. The zero-order valence-corrected chi connectivity index (χ0v) is 11.9. The Labute approximate surface area is 117 Å². The van der Waals surface area contributed by atoms with Crippen LogP contribution in [0.1, 0.15) is 6.42 Å². The smallest absolute Gasteiger partial charge is 0.293 e. The van der Waals surface area contributed by atoms with E-state index in [0.29, 0.717) is 19.1 Å². The van der Waals surface area contributed by atoms with Gasteiger partial charge in [-0.25, -0.2) is 0 Å². The third-order valence-electron chi connectivity index (χ3n) is 3.49. The Bertz CT molecular complexity index is 520.